The van der Waals surface area contributed by atoms with E-state index in [4.69, 9.17) is 23.0 Å². The fourth-order valence-corrected chi connectivity index (χ4v) is 26.8. The molecule has 2 atom stereocenters. The lowest BCUT2D eigenvalue weighted by molar-refractivity contribution is 0.181. The van der Waals surface area contributed by atoms with Gasteiger partial charge in [-0.3, -0.25) is 0 Å². The number of fused-ring (bicyclic) bond motifs is 7. The zero-order valence-corrected chi connectivity index (χ0v) is 91.9. The van der Waals surface area contributed by atoms with Gasteiger partial charge in [0, 0.05) is 108 Å². The molecule has 9 aromatic heterocycles. The van der Waals surface area contributed by atoms with Gasteiger partial charge in [-0.05, 0) is 263 Å². The van der Waals surface area contributed by atoms with Gasteiger partial charge in [0.2, 0.25) is 0 Å². The van der Waals surface area contributed by atoms with Crippen LogP contribution in [-0.2, 0) is 19.3 Å². The van der Waals surface area contributed by atoms with Crippen molar-refractivity contribution in [2.45, 2.75) is 375 Å². The molecule has 0 fully saturated rings. The third-order valence-corrected chi connectivity index (χ3v) is 34.6. The van der Waals surface area contributed by atoms with Crippen LogP contribution in [-0.4, -0.2) is 41.9 Å². The molecule has 16 heteroatoms. The number of hydrogen-bond donors (Lipinski definition) is 0. The van der Waals surface area contributed by atoms with Gasteiger partial charge in [-0.2, -0.15) is 17.5 Å². The second-order valence-corrected chi connectivity index (χ2v) is 46.2. The average Bonchev–Trinajstić information content (AvgIpc) is 1.59. The van der Waals surface area contributed by atoms with Crippen molar-refractivity contribution >= 4 is 162 Å². The largest absolute Gasteiger partial charge is 0.496 e. The zero-order valence-electron chi connectivity index (χ0n) is 85.3. The quantitative estimate of drug-likeness (QED) is 0.0351. The summed E-state index contributed by atoms with van der Waals surface area (Å²) in [5.41, 5.74) is 19.7. The molecule has 8 nitrogen and oxygen atoms in total. The Morgan fingerprint density at radius 2 is 0.910 bits per heavy atom. The molecular weight excluding hydrogens is 1790 g/mol. The molecule has 722 valence electrons. The first-order valence-corrected chi connectivity index (χ1v) is 58.0. The van der Waals surface area contributed by atoms with Crippen molar-refractivity contribution in [2.75, 3.05) is 13.7 Å². The molecule has 0 saturated heterocycles. The average molecular weight is 1950 g/mol. The van der Waals surface area contributed by atoms with Crippen molar-refractivity contribution in [3.05, 3.63) is 195 Å². The summed E-state index contributed by atoms with van der Waals surface area (Å²) in [4.78, 5) is 15.5. The van der Waals surface area contributed by atoms with E-state index in [0.29, 0.717) is 12.1 Å². The maximum Gasteiger partial charge on any atom is 0.126 e. The number of nitrogens with zero attached hydrogens (tertiary/aromatic N) is 5. The van der Waals surface area contributed by atoms with Gasteiger partial charge in [-0.1, -0.05) is 284 Å². The van der Waals surface area contributed by atoms with Crippen LogP contribution in [0.2, 0.25) is 0 Å². The van der Waals surface area contributed by atoms with Crippen LogP contribution in [0, 0.1) is 68.2 Å². The SMILES string of the molecule is C/C=C/c1cc(OC(CC)CCCCC)c(C)cc1OC.CCCCC(CC)Cc1cc2c(C)sc(C)c2s1.CCCCCCC(CCCCCC)n1c2cc(C)ccc2c2ccc(-c3ccc(-c4ccc(C)c5nsnc45)s3)cc21.CCCCCCCCOc1ccc2c(C)sc(C)c2c1.CCCCCCc1cc(C)sc1-c1ccc(-c2sc(C)cc2CCCCCC)c2nsnc12. The molecule has 15 rings (SSSR count). The highest BCUT2D eigenvalue weighted by molar-refractivity contribution is 7.24. The Bertz CT molecular complexity index is 5950. The van der Waals surface area contributed by atoms with Crippen molar-refractivity contribution in [3.63, 3.8) is 0 Å². The summed E-state index contributed by atoms with van der Waals surface area (Å²) < 4.78 is 40.7. The van der Waals surface area contributed by atoms with Crippen LogP contribution in [0.3, 0.4) is 0 Å². The Morgan fingerprint density at radius 1 is 0.388 bits per heavy atom. The van der Waals surface area contributed by atoms with E-state index < -0.39 is 0 Å². The number of unbranched alkanes of at least 4 members (excludes halogenated alkanes) is 20. The van der Waals surface area contributed by atoms with E-state index in [9.17, 15) is 0 Å². The van der Waals surface area contributed by atoms with E-state index in [1.54, 1.807) is 12.0 Å². The van der Waals surface area contributed by atoms with Crippen molar-refractivity contribution in [1.29, 1.82) is 0 Å². The smallest absolute Gasteiger partial charge is 0.126 e. The topological polar surface area (TPSA) is 84.2 Å². The van der Waals surface area contributed by atoms with Crippen LogP contribution in [0.5, 0.6) is 17.2 Å². The molecule has 0 N–H and O–H groups in total. The summed E-state index contributed by atoms with van der Waals surface area (Å²) in [6.45, 7) is 43.1. The number of allylic oxidation sites excluding steroid dienone is 1. The molecule has 0 radical (unpaired) electrons. The molecule has 9 heterocycles. The monoisotopic (exact) mass is 1950 g/mol. The summed E-state index contributed by atoms with van der Waals surface area (Å²) in [5.74, 6) is 3.79. The van der Waals surface area contributed by atoms with Gasteiger partial charge in [0.15, 0.2) is 0 Å². The third kappa shape index (κ3) is 29.6. The standard InChI is InChI=1S/C37H43N3S2.C28H36N2S3.C19H30O2.C18H26OS.C16H24S2/c1-5-7-9-11-13-28(14-12-10-8-6-2)40-32-23-25(3)15-18-29(32)30-20-17-27(24-33(30)40)34-21-22-35(41-34)31-19-16-26(4)36-37(31)39-42-38-36;1-5-7-9-11-13-21-17-19(3)31-27(21)23-15-16-24(26-25(23)29-33-30-26)28-22(18-20(4)32-28)14-12-10-8-6-2;1-6-9-10-12-17(8-3)21-18-14-16(11-7-2)19(20-5)13-15(18)4;1-4-5-6-7-8-9-12-19-16-10-11-17-14(2)20-15(3)18(17)13-16;1-5-7-8-13(6-2)9-14-10-15-11(3)17-12(4)16(15)18-14/h15-24,28H,5-14H2,1-4H3;15-18H,5-14H2,1-4H3;7,11,13-14,17H,6,8-10,12H2,1-5H3;10-11,13H,4-9,12H2,1-3H3;10,13H,5-9H2,1-4H3/b;;11-7+;;. The molecule has 15 aromatic rings. The minimum atomic E-state index is 0.308. The summed E-state index contributed by atoms with van der Waals surface area (Å²) in [6, 6.07) is 46.2. The van der Waals surface area contributed by atoms with Gasteiger partial charge in [0.05, 0.1) is 48.8 Å². The number of ether oxygens (including phenoxy) is 3. The predicted octanol–water partition coefficient (Wildman–Crippen LogP) is 40.7. The van der Waals surface area contributed by atoms with Crippen LogP contribution in [0.4, 0.5) is 0 Å². The number of hydrogen-bond acceptors (Lipinski definition) is 15. The van der Waals surface area contributed by atoms with E-state index in [1.165, 1.54) is 365 Å². The highest BCUT2D eigenvalue weighted by atomic mass is 32.1. The molecule has 0 spiro atoms. The van der Waals surface area contributed by atoms with Crippen LogP contribution < -0.4 is 14.2 Å². The molecular formula is C118H159N5O3S8. The second kappa shape index (κ2) is 56.0. The highest BCUT2D eigenvalue weighted by Crippen LogP contribution is 2.47. The number of thiophene rings is 6. The second-order valence-electron chi connectivity index (χ2n) is 37.5. The van der Waals surface area contributed by atoms with Crippen LogP contribution >= 0.6 is 91.5 Å². The molecule has 0 aliphatic carbocycles. The molecule has 0 aliphatic heterocycles. The van der Waals surface area contributed by atoms with Crippen LogP contribution in [0.15, 0.2) is 127 Å². The Balaban J connectivity index is 0.000000168. The number of benzene rings is 6. The lowest BCUT2D eigenvalue weighted by Crippen LogP contribution is -2.16. The van der Waals surface area contributed by atoms with Crippen molar-refractivity contribution < 1.29 is 14.2 Å². The Hall–Kier alpha value is -7.38. The molecule has 6 aromatic carbocycles. The minimum absolute atomic E-state index is 0.308. The van der Waals surface area contributed by atoms with E-state index >= 15 is 0 Å². The minimum Gasteiger partial charge on any atom is -0.496 e. The fraction of sp³-hybridized carbons (Fsp3) is 0.508. The first kappa shape index (κ1) is 107. The molecule has 134 heavy (non-hydrogen) atoms. The molecule has 0 aliphatic rings. The maximum absolute atomic E-state index is 6.24. The summed E-state index contributed by atoms with van der Waals surface area (Å²) in [5, 5.41) is 7.01. The number of aryl methyl sites for hydroxylation is 11. The fourth-order valence-electron chi connectivity index (χ4n) is 18.9. The zero-order chi connectivity index (χ0) is 95.4. The summed E-state index contributed by atoms with van der Waals surface area (Å²) in [6.07, 6.45) is 50.7. The first-order chi connectivity index (χ1) is 65.2. The summed E-state index contributed by atoms with van der Waals surface area (Å²) in [7, 11) is 1.71. The van der Waals surface area contributed by atoms with Gasteiger partial charge < -0.3 is 18.8 Å². The van der Waals surface area contributed by atoms with Gasteiger partial charge in [0.25, 0.3) is 0 Å². The van der Waals surface area contributed by atoms with E-state index in [2.05, 4.69) is 265 Å². The number of rotatable bonds is 48. The van der Waals surface area contributed by atoms with Gasteiger partial charge >= 0.3 is 0 Å². The van der Waals surface area contributed by atoms with E-state index in [1.807, 2.05) is 81.0 Å². The molecule has 0 amide bonds. The Kier molecular flexibility index (Phi) is 44.8. The Labute approximate surface area is 839 Å². The Morgan fingerprint density at radius 3 is 1.51 bits per heavy atom. The highest BCUT2D eigenvalue weighted by Gasteiger charge is 2.25. The van der Waals surface area contributed by atoms with Crippen molar-refractivity contribution in [3.8, 4) is 59.0 Å². The van der Waals surface area contributed by atoms with Gasteiger partial charge in [-0.15, -0.1) is 68.0 Å². The third-order valence-electron chi connectivity index (χ3n) is 26.6. The lowest BCUT2D eigenvalue weighted by atomic mass is 9.95. The normalized spacial score (nSPS) is 12.1. The van der Waals surface area contributed by atoms with Crippen molar-refractivity contribution in [1.82, 2.24) is 22.1 Å². The lowest BCUT2D eigenvalue weighted by Gasteiger charge is -2.22. The van der Waals surface area contributed by atoms with Crippen LogP contribution in [0.25, 0.3) is 113 Å². The van der Waals surface area contributed by atoms with Crippen LogP contribution in [0.1, 0.15) is 355 Å². The predicted molar refractivity (Wildman–Crippen MR) is 602 cm³/mol. The van der Waals surface area contributed by atoms with Crippen molar-refractivity contribution in [2.24, 2.45) is 5.92 Å². The van der Waals surface area contributed by atoms with E-state index in [-0.39, 0.29) is 0 Å². The van der Waals surface area contributed by atoms with Gasteiger partial charge in [0.1, 0.15) is 39.3 Å². The van der Waals surface area contributed by atoms with E-state index in [0.717, 1.165) is 88.7 Å². The first-order valence-electron chi connectivity index (χ1n) is 51.6. The molecule has 0 bridgehead atoms. The summed E-state index contributed by atoms with van der Waals surface area (Å²) >= 11 is 14.2. The molecule has 2 unspecified atom stereocenters. The van der Waals surface area contributed by atoms with Gasteiger partial charge in [-0.25, -0.2) is 0 Å². The maximum atomic E-state index is 6.24. The number of aromatic nitrogens is 5. The number of methoxy groups -OCH3 is 1. The molecule has 0 saturated carbocycles.